The molecule has 0 bridgehead atoms. The van der Waals surface area contributed by atoms with Crippen molar-refractivity contribution in [2.45, 2.75) is 52.9 Å². The summed E-state index contributed by atoms with van der Waals surface area (Å²) in [6.45, 7) is 12.4. The molecule has 0 aromatic heterocycles. The highest BCUT2D eigenvalue weighted by Gasteiger charge is 2.27. The second-order valence-electron chi connectivity index (χ2n) is 9.34. The molecule has 0 saturated carbocycles. The van der Waals surface area contributed by atoms with Gasteiger partial charge in [0.05, 0.1) is 11.7 Å². The van der Waals surface area contributed by atoms with E-state index in [1.54, 1.807) is 12.1 Å². The third-order valence-corrected chi connectivity index (χ3v) is 6.44. The molecule has 2 aliphatic heterocycles. The molecule has 1 saturated heterocycles. The van der Waals surface area contributed by atoms with Crippen LogP contribution >= 0.6 is 0 Å². The summed E-state index contributed by atoms with van der Waals surface area (Å²) in [6.07, 6.45) is 0.743. The molecule has 172 valence electrons. The number of piperazine rings is 1. The first-order valence-electron chi connectivity index (χ1n) is 11.7. The second kappa shape index (κ2) is 9.51. The van der Waals surface area contributed by atoms with Gasteiger partial charge in [-0.25, -0.2) is 0 Å². The Balaban J connectivity index is 1.47. The van der Waals surface area contributed by atoms with Crippen molar-refractivity contribution in [3.63, 3.8) is 0 Å². The number of carbonyl (C=O) groups is 1. The van der Waals surface area contributed by atoms with Crippen molar-refractivity contribution < 1.29 is 14.6 Å². The van der Waals surface area contributed by atoms with Gasteiger partial charge in [0.25, 0.3) is 5.91 Å². The van der Waals surface area contributed by atoms with Crippen LogP contribution in [0, 0.1) is 0 Å². The minimum atomic E-state index is -0.134. The smallest absolute Gasteiger partial charge is 0.258 e. The van der Waals surface area contributed by atoms with Crippen molar-refractivity contribution in [2.75, 3.05) is 33.2 Å². The number of benzene rings is 2. The van der Waals surface area contributed by atoms with Crippen LogP contribution in [0.5, 0.6) is 11.5 Å². The van der Waals surface area contributed by atoms with Crippen LogP contribution in [0.25, 0.3) is 0 Å². The topological polar surface area (TPSA) is 56.3 Å². The highest BCUT2D eigenvalue weighted by atomic mass is 16.5. The lowest BCUT2D eigenvalue weighted by atomic mass is 10.0. The number of ether oxygens (including phenoxy) is 1. The SMILES string of the molecule is CCc1cc(C(=O)N2Cc3ccc(CN4CCN(C)CC4)cc3C2)c(O)cc1OC(C)C. The highest BCUT2D eigenvalue weighted by Crippen LogP contribution is 2.33. The lowest BCUT2D eigenvalue weighted by Crippen LogP contribution is -2.43. The van der Waals surface area contributed by atoms with E-state index < -0.39 is 0 Å². The molecule has 2 aromatic carbocycles. The van der Waals surface area contributed by atoms with Gasteiger partial charge < -0.3 is 19.6 Å². The van der Waals surface area contributed by atoms with Gasteiger partial charge in [-0.2, -0.15) is 0 Å². The first-order chi connectivity index (χ1) is 15.3. The molecule has 0 aliphatic carbocycles. The zero-order valence-electron chi connectivity index (χ0n) is 19.7. The number of phenols is 1. The van der Waals surface area contributed by atoms with E-state index in [4.69, 9.17) is 4.74 Å². The summed E-state index contributed by atoms with van der Waals surface area (Å²) >= 11 is 0. The zero-order chi connectivity index (χ0) is 22.8. The van der Waals surface area contributed by atoms with Crippen LogP contribution in [0.4, 0.5) is 0 Å². The van der Waals surface area contributed by atoms with Crippen molar-refractivity contribution in [3.05, 3.63) is 58.1 Å². The Kier molecular flexibility index (Phi) is 6.72. The Labute approximate surface area is 191 Å². The molecular formula is C26H35N3O3. The molecule has 0 unspecified atom stereocenters. The van der Waals surface area contributed by atoms with Gasteiger partial charge in [-0.3, -0.25) is 9.69 Å². The molecule has 2 aliphatic rings. The highest BCUT2D eigenvalue weighted by molar-refractivity contribution is 5.97. The minimum absolute atomic E-state index is 0.00868. The third kappa shape index (κ3) is 4.92. The number of fused-ring (bicyclic) bond motifs is 1. The average molecular weight is 438 g/mol. The molecule has 1 N–H and O–H groups in total. The molecule has 6 nitrogen and oxygen atoms in total. The Morgan fingerprint density at radius 3 is 2.47 bits per heavy atom. The molecule has 2 heterocycles. The first kappa shape index (κ1) is 22.6. The predicted molar refractivity (Wildman–Crippen MR) is 126 cm³/mol. The van der Waals surface area contributed by atoms with Gasteiger partial charge in [-0.05, 0) is 55.6 Å². The normalized spacial score (nSPS) is 17.1. The van der Waals surface area contributed by atoms with Crippen LogP contribution in [0.2, 0.25) is 0 Å². The fourth-order valence-corrected chi connectivity index (χ4v) is 4.55. The summed E-state index contributed by atoms with van der Waals surface area (Å²) in [6, 6.07) is 9.97. The van der Waals surface area contributed by atoms with Gasteiger partial charge in [-0.15, -0.1) is 0 Å². The summed E-state index contributed by atoms with van der Waals surface area (Å²) in [7, 11) is 2.17. The van der Waals surface area contributed by atoms with E-state index in [-0.39, 0.29) is 17.8 Å². The number of hydrogen-bond donors (Lipinski definition) is 1. The van der Waals surface area contributed by atoms with Crippen molar-refractivity contribution in [1.82, 2.24) is 14.7 Å². The number of aromatic hydroxyl groups is 1. The molecule has 0 radical (unpaired) electrons. The lowest BCUT2D eigenvalue weighted by Gasteiger charge is -2.32. The number of hydrogen-bond acceptors (Lipinski definition) is 5. The maximum atomic E-state index is 13.3. The summed E-state index contributed by atoms with van der Waals surface area (Å²) < 4.78 is 5.82. The van der Waals surface area contributed by atoms with Crippen molar-refractivity contribution in [2.24, 2.45) is 0 Å². The molecule has 6 heteroatoms. The molecule has 2 aromatic rings. The molecule has 32 heavy (non-hydrogen) atoms. The number of carbonyl (C=O) groups excluding carboxylic acids is 1. The van der Waals surface area contributed by atoms with E-state index in [2.05, 4.69) is 35.0 Å². The maximum absolute atomic E-state index is 13.3. The molecule has 0 spiro atoms. The minimum Gasteiger partial charge on any atom is -0.507 e. The number of nitrogens with zero attached hydrogens (tertiary/aromatic N) is 3. The van der Waals surface area contributed by atoms with Gasteiger partial charge in [0.2, 0.25) is 0 Å². The van der Waals surface area contributed by atoms with E-state index in [0.29, 0.717) is 24.4 Å². The summed E-state index contributed by atoms with van der Waals surface area (Å²) in [5.41, 5.74) is 4.98. The Bertz CT molecular complexity index is 981. The average Bonchev–Trinajstić information content (AvgIpc) is 3.18. The number of aryl methyl sites for hydroxylation is 1. The molecular weight excluding hydrogens is 402 g/mol. The van der Waals surface area contributed by atoms with Crippen LogP contribution in [0.1, 0.15) is 53.4 Å². The van der Waals surface area contributed by atoms with Gasteiger partial charge in [-0.1, -0.05) is 25.1 Å². The Hall–Kier alpha value is -2.57. The quantitative estimate of drug-likeness (QED) is 0.748. The Morgan fingerprint density at radius 2 is 1.78 bits per heavy atom. The van der Waals surface area contributed by atoms with E-state index in [1.807, 2.05) is 25.7 Å². The molecule has 1 fully saturated rings. The Morgan fingerprint density at radius 1 is 1.06 bits per heavy atom. The van der Waals surface area contributed by atoms with Gasteiger partial charge in [0, 0.05) is 51.9 Å². The van der Waals surface area contributed by atoms with Crippen molar-refractivity contribution >= 4 is 5.91 Å². The van der Waals surface area contributed by atoms with Gasteiger partial charge >= 0.3 is 0 Å². The van der Waals surface area contributed by atoms with Crippen LogP contribution < -0.4 is 4.74 Å². The fraction of sp³-hybridized carbons (Fsp3) is 0.500. The fourth-order valence-electron chi connectivity index (χ4n) is 4.55. The largest absolute Gasteiger partial charge is 0.507 e. The summed E-state index contributed by atoms with van der Waals surface area (Å²) in [5, 5.41) is 10.6. The van der Waals surface area contributed by atoms with Crippen molar-refractivity contribution in [3.8, 4) is 11.5 Å². The standard InChI is InChI=1S/C26H35N3O3/c1-5-20-13-23(24(30)14-25(20)32-18(2)3)26(31)29-16-21-7-6-19(12-22(21)17-29)15-28-10-8-27(4)9-11-28/h6-7,12-14,18,30H,5,8-11,15-17H2,1-4H3. The number of phenolic OH excluding ortho intramolecular Hbond substituents is 1. The first-order valence-corrected chi connectivity index (χ1v) is 11.7. The third-order valence-electron chi connectivity index (χ3n) is 6.44. The van der Waals surface area contributed by atoms with Crippen LogP contribution in [-0.4, -0.2) is 65.0 Å². The number of rotatable bonds is 6. The van der Waals surface area contributed by atoms with Crippen LogP contribution in [0.15, 0.2) is 30.3 Å². The molecule has 1 amide bonds. The van der Waals surface area contributed by atoms with E-state index in [9.17, 15) is 9.90 Å². The van der Waals surface area contributed by atoms with Crippen LogP contribution in [-0.2, 0) is 26.1 Å². The van der Waals surface area contributed by atoms with Crippen LogP contribution in [0.3, 0.4) is 0 Å². The van der Waals surface area contributed by atoms with E-state index >= 15 is 0 Å². The van der Waals surface area contributed by atoms with E-state index in [0.717, 1.165) is 44.7 Å². The number of likely N-dealkylation sites (N-methyl/N-ethyl adjacent to an activating group) is 1. The van der Waals surface area contributed by atoms with Gasteiger partial charge in [0.1, 0.15) is 11.5 Å². The summed E-state index contributed by atoms with van der Waals surface area (Å²) in [5.74, 6) is 0.495. The lowest BCUT2D eigenvalue weighted by molar-refractivity contribution is 0.0748. The monoisotopic (exact) mass is 437 g/mol. The van der Waals surface area contributed by atoms with E-state index in [1.165, 1.54) is 16.7 Å². The van der Waals surface area contributed by atoms with Gasteiger partial charge in [0.15, 0.2) is 0 Å². The maximum Gasteiger partial charge on any atom is 0.258 e. The van der Waals surface area contributed by atoms with Crippen molar-refractivity contribution in [1.29, 1.82) is 0 Å². The number of amides is 1. The molecule has 0 atom stereocenters. The second-order valence-corrected chi connectivity index (χ2v) is 9.34. The summed E-state index contributed by atoms with van der Waals surface area (Å²) in [4.78, 5) is 20.0. The zero-order valence-corrected chi connectivity index (χ0v) is 19.7. The molecule has 4 rings (SSSR count). The predicted octanol–water partition coefficient (Wildman–Crippen LogP) is 3.65.